The summed E-state index contributed by atoms with van der Waals surface area (Å²) in [6.07, 6.45) is 1.42. The maximum atomic E-state index is 12.1. The maximum absolute atomic E-state index is 12.1. The number of hydroxylamine groups is 2. The quantitative estimate of drug-likeness (QED) is 0.640. The van der Waals surface area contributed by atoms with Gasteiger partial charge < -0.3 is 13.8 Å². The van der Waals surface area contributed by atoms with Crippen molar-refractivity contribution in [1.29, 1.82) is 0 Å². The number of furan rings is 1. The first-order valence-electron chi connectivity index (χ1n) is 7.68. The van der Waals surface area contributed by atoms with E-state index >= 15 is 0 Å². The summed E-state index contributed by atoms with van der Waals surface area (Å²) in [5.41, 5.74) is 0.399. The second-order valence-electron chi connectivity index (χ2n) is 5.40. The maximum Gasteiger partial charge on any atom is 0.333 e. The number of benzene rings is 1. The smallest absolute Gasteiger partial charge is 0.333 e. The standard InChI is InChI=1S/C17H11N3O6/c21-14(8-7-13-18-15(19-25-13)12-6-3-9-24-12)26-20-16(22)10-4-1-2-5-11(10)17(20)23/h1-6,9H,7-8H2. The van der Waals surface area contributed by atoms with E-state index in [1.807, 2.05) is 0 Å². The van der Waals surface area contributed by atoms with E-state index in [0.717, 1.165) is 0 Å². The van der Waals surface area contributed by atoms with Crippen LogP contribution in [0.25, 0.3) is 11.6 Å². The number of aromatic nitrogens is 2. The second-order valence-corrected chi connectivity index (χ2v) is 5.40. The summed E-state index contributed by atoms with van der Waals surface area (Å²) < 4.78 is 10.2. The number of fused-ring (bicyclic) bond motifs is 1. The van der Waals surface area contributed by atoms with Crippen molar-refractivity contribution in [3.05, 3.63) is 59.7 Å². The molecule has 1 aliphatic rings. The van der Waals surface area contributed by atoms with Gasteiger partial charge in [-0.3, -0.25) is 9.59 Å². The summed E-state index contributed by atoms with van der Waals surface area (Å²) >= 11 is 0. The third-order valence-electron chi connectivity index (χ3n) is 3.70. The van der Waals surface area contributed by atoms with E-state index in [4.69, 9.17) is 13.8 Å². The molecule has 9 heteroatoms. The SMILES string of the molecule is O=C(CCc1nc(-c2ccco2)no1)ON1C(=O)c2ccccc2C1=O. The molecule has 4 rings (SSSR count). The van der Waals surface area contributed by atoms with Crippen LogP contribution in [-0.2, 0) is 16.1 Å². The molecule has 26 heavy (non-hydrogen) atoms. The molecule has 0 unspecified atom stereocenters. The van der Waals surface area contributed by atoms with Crippen LogP contribution < -0.4 is 0 Å². The van der Waals surface area contributed by atoms with Gasteiger partial charge in [0.15, 0.2) is 5.76 Å². The summed E-state index contributed by atoms with van der Waals surface area (Å²) in [5.74, 6) is -1.20. The highest BCUT2D eigenvalue weighted by Gasteiger charge is 2.38. The topological polar surface area (TPSA) is 116 Å². The van der Waals surface area contributed by atoms with Gasteiger partial charge in [0.1, 0.15) is 0 Å². The third kappa shape index (κ3) is 2.75. The molecular formula is C17H11N3O6. The second kappa shape index (κ2) is 6.28. The van der Waals surface area contributed by atoms with Crippen LogP contribution in [0.2, 0.25) is 0 Å². The Morgan fingerprint density at radius 2 is 1.81 bits per heavy atom. The lowest BCUT2D eigenvalue weighted by Crippen LogP contribution is -2.32. The van der Waals surface area contributed by atoms with Crippen LogP contribution in [-0.4, -0.2) is 33.0 Å². The molecule has 0 atom stereocenters. The number of imide groups is 1. The average molecular weight is 353 g/mol. The van der Waals surface area contributed by atoms with Gasteiger partial charge in [0.2, 0.25) is 11.7 Å². The first-order chi connectivity index (χ1) is 12.6. The molecule has 2 aromatic heterocycles. The first-order valence-corrected chi connectivity index (χ1v) is 7.68. The van der Waals surface area contributed by atoms with E-state index in [9.17, 15) is 14.4 Å². The number of aryl methyl sites for hydroxylation is 1. The fraction of sp³-hybridized carbons (Fsp3) is 0.118. The Kier molecular flexibility index (Phi) is 3.81. The van der Waals surface area contributed by atoms with Crippen LogP contribution in [0.3, 0.4) is 0 Å². The van der Waals surface area contributed by atoms with Crippen LogP contribution in [0.4, 0.5) is 0 Å². The zero-order valence-electron chi connectivity index (χ0n) is 13.2. The highest BCUT2D eigenvalue weighted by atomic mass is 16.7. The molecule has 0 saturated carbocycles. The molecule has 1 aromatic carbocycles. The minimum absolute atomic E-state index is 0.0930. The van der Waals surface area contributed by atoms with E-state index in [0.29, 0.717) is 10.8 Å². The molecule has 0 aliphatic carbocycles. The van der Waals surface area contributed by atoms with Gasteiger partial charge in [0.25, 0.3) is 11.8 Å². The van der Waals surface area contributed by atoms with Crippen LogP contribution in [0.15, 0.2) is 51.6 Å². The van der Waals surface area contributed by atoms with Crippen molar-refractivity contribution in [3.63, 3.8) is 0 Å². The van der Waals surface area contributed by atoms with Gasteiger partial charge in [-0.25, -0.2) is 4.79 Å². The molecule has 0 radical (unpaired) electrons. The molecule has 2 amide bonds. The predicted octanol–water partition coefficient (Wildman–Crippen LogP) is 2.02. The van der Waals surface area contributed by atoms with Crippen LogP contribution in [0.1, 0.15) is 33.0 Å². The Balaban J connectivity index is 1.37. The normalized spacial score (nSPS) is 13.2. The summed E-state index contributed by atoms with van der Waals surface area (Å²) in [5, 5.41) is 4.21. The van der Waals surface area contributed by atoms with E-state index in [2.05, 4.69) is 10.1 Å². The number of hydrogen-bond acceptors (Lipinski definition) is 8. The molecule has 9 nitrogen and oxygen atoms in total. The number of carbonyl (C=O) groups is 3. The number of amides is 2. The minimum atomic E-state index is -0.766. The molecule has 1 aliphatic heterocycles. The van der Waals surface area contributed by atoms with Crippen molar-refractivity contribution in [2.45, 2.75) is 12.8 Å². The van der Waals surface area contributed by atoms with Crippen LogP contribution in [0, 0.1) is 0 Å². The van der Waals surface area contributed by atoms with Gasteiger partial charge in [-0.2, -0.15) is 4.98 Å². The van der Waals surface area contributed by atoms with Gasteiger partial charge in [0.05, 0.1) is 23.8 Å². The molecule has 130 valence electrons. The average Bonchev–Trinajstić information content (AvgIpc) is 3.38. The summed E-state index contributed by atoms with van der Waals surface area (Å²) in [6, 6.07) is 9.61. The zero-order chi connectivity index (χ0) is 18.1. The van der Waals surface area contributed by atoms with E-state index in [-0.39, 0.29) is 35.7 Å². The van der Waals surface area contributed by atoms with Gasteiger partial charge in [-0.1, -0.05) is 22.4 Å². The van der Waals surface area contributed by atoms with Crippen molar-refractivity contribution >= 4 is 17.8 Å². The Bertz CT molecular complexity index is 957. The Morgan fingerprint density at radius 3 is 2.46 bits per heavy atom. The molecule has 0 N–H and O–H groups in total. The molecule has 0 spiro atoms. The van der Waals surface area contributed by atoms with Crippen molar-refractivity contribution in [3.8, 4) is 11.6 Å². The van der Waals surface area contributed by atoms with Gasteiger partial charge in [-0.15, -0.1) is 0 Å². The molecule has 3 heterocycles. The lowest BCUT2D eigenvalue weighted by atomic mass is 10.1. The van der Waals surface area contributed by atoms with Crippen LogP contribution >= 0.6 is 0 Å². The monoisotopic (exact) mass is 353 g/mol. The summed E-state index contributed by atoms with van der Waals surface area (Å²) in [4.78, 5) is 45.2. The number of hydrogen-bond donors (Lipinski definition) is 0. The number of carbonyl (C=O) groups excluding carboxylic acids is 3. The van der Waals surface area contributed by atoms with Crippen molar-refractivity contribution in [1.82, 2.24) is 15.2 Å². The van der Waals surface area contributed by atoms with Crippen molar-refractivity contribution in [2.75, 3.05) is 0 Å². The molecule has 3 aromatic rings. The minimum Gasteiger partial charge on any atom is -0.461 e. The number of rotatable bonds is 5. The fourth-order valence-electron chi connectivity index (χ4n) is 2.47. The molecule has 0 bridgehead atoms. The third-order valence-corrected chi connectivity index (χ3v) is 3.70. The van der Waals surface area contributed by atoms with Crippen LogP contribution in [0.5, 0.6) is 0 Å². The summed E-state index contributed by atoms with van der Waals surface area (Å²) in [6.45, 7) is 0. The Hall–Kier alpha value is -3.75. The zero-order valence-corrected chi connectivity index (χ0v) is 13.2. The van der Waals surface area contributed by atoms with Gasteiger partial charge in [0, 0.05) is 6.42 Å². The van der Waals surface area contributed by atoms with Gasteiger partial charge in [-0.05, 0) is 24.3 Å². The van der Waals surface area contributed by atoms with E-state index in [1.165, 1.54) is 18.4 Å². The van der Waals surface area contributed by atoms with E-state index in [1.54, 1.807) is 24.3 Å². The van der Waals surface area contributed by atoms with Gasteiger partial charge >= 0.3 is 5.97 Å². The molecule has 0 saturated heterocycles. The highest BCUT2D eigenvalue weighted by molar-refractivity contribution is 6.20. The molecular weight excluding hydrogens is 342 g/mol. The Morgan fingerprint density at radius 1 is 1.08 bits per heavy atom. The number of nitrogens with zero attached hydrogens (tertiary/aromatic N) is 3. The highest BCUT2D eigenvalue weighted by Crippen LogP contribution is 2.23. The predicted molar refractivity (Wildman–Crippen MR) is 83.4 cm³/mol. The first kappa shape index (κ1) is 15.8. The Labute approximate surface area is 146 Å². The van der Waals surface area contributed by atoms with E-state index < -0.39 is 17.8 Å². The fourth-order valence-corrected chi connectivity index (χ4v) is 2.47. The summed E-state index contributed by atoms with van der Waals surface area (Å²) in [7, 11) is 0. The lowest BCUT2D eigenvalue weighted by molar-refractivity contribution is -0.168. The van der Waals surface area contributed by atoms with Crippen molar-refractivity contribution in [2.24, 2.45) is 0 Å². The largest absolute Gasteiger partial charge is 0.461 e. The van der Waals surface area contributed by atoms with Crippen molar-refractivity contribution < 1.29 is 28.2 Å². The molecule has 0 fully saturated rings. The lowest BCUT2D eigenvalue weighted by Gasteiger charge is -2.12.